The van der Waals surface area contributed by atoms with Crippen LogP contribution in [0.5, 0.6) is 0 Å². The Balaban J connectivity index is 3.79. The van der Waals surface area contributed by atoms with E-state index in [2.05, 4.69) is 11.8 Å². The number of ether oxygens (including phenoxy) is 1. The van der Waals surface area contributed by atoms with Gasteiger partial charge in [0, 0.05) is 19.7 Å². The summed E-state index contributed by atoms with van der Waals surface area (Å²) in [4.78, 5) is 2.20. The minimum Gasteiger partial charge on any atom is -0.392 e. The first-order valence-corrected chi connectivity index (χ1v) is 4.54. The van der Waals surface area contributed by atoms with Gasteiger partial charge in [-0.2, -0.15) is 0 Å². The van der Waals surface area contributed by atoms with Crippen LogP contribution < -0.4 is 0 Å². The molecule has 74 valence electrons. The van der Waals surface area contributed by atoms with Crippen LogP contribution in [-0.2, 0) is 4.74 Å². The maximum absolute atomic E-state index is 9.34. The standard InChI is InChI=1S/C9H21NO2/c1-5-10(6-7-12-4)8(2)9(3)11/h8-9,11H,5-7H2,1-4H3. The van der Waals surface area contributed by atoms with Crippen molar-refractivity contribution in [1.82, 2.24) is 4.90 Å². The van der Waals surface area contributed by atoms with E-state index in [0.717, 1.165) is 19.7 Å². The zero-order valence-corrected chi connectivity index (χ0v) is 8.58. The zero-order valence-electron chi connectivity index (χ0n) is 8.58. The fraction of sp³-hybridized carbons (Fsp3) is 1.00. The number of hydrogen-bond acceptors (Lipinski definition) is 3. The van der Waals surface area contributed by atoms with E-state index in [1.54, 1.807) is 7.11 Å². The monoisotopic (exact) mass is 175 g/mol. The van der Waals surface area contributed by atoms with Gasteiger partial charge in [-0.3, -0.25) is 4.90 Å². The molecule has 0 aliphatic carbocycles. The van der Waals surface area contributed by atoms with Gasteiger partial charge in [0.2, 0.25) is 0 Å². The van der Waals surface area contributed by atoms with Crippen molar-refractivity contribution < 1.29 is 9.84 Å². The molecule has 12 heavy (non-hydrogen) atoms. The molecule has 0 bridgehead atoms. The predicted molar refractivity (Wildman–Crippen MR) is 50.3 cm³/mol. The molecule has 0 heterocycles. The minimum absolute atomic E-state index is 0.213. The van der Waals surface area contributed by atoms with Crippen LogP contribution in [0.25, 0.3) is 0 Å². The maximum Gasteiger partial charge on any atom is 0.0664 e. The smallest absolute Gasteiger partial charge is 0.0664 e. The molecule has 0 fully saturated rings. The van der Waals surface area contributed by atoms with E-state index in [1.807, 2.05) is 13.8 Å². The Kier molecular flexibility index (Phi) is 6.34. The molecule has 0 amide bonds. The lowest BCUT2D eigenvalue weighted by molar-refractivity contribution is 0.0553. The molecule has 0 aromatic rings. The molecule has 0 aromatic carbocycles. The Morgan fingerprint density at radius 1 is 1.42 bits per heavy atom. The molecule has 0 spiro atoms. The second kappa shape index (κ2) is 6.40. The highest BCUT2D eigenvalue weighted by Crippen LogP contribution is 2.02. The molecule has 0 saturated heterocycles. The normalized spacial score (nSPS) is 16.5. The number of rotatable bonds is 6. The first kappa shape index (κ1) is 11.9. The van der Waals surface area contributed by atoms with Crippen LogP contribution in [0.1, 0.15) is 20.8 Å². The van der Waals surface area contributed by atoms with Crippen LogP contribution in [0.2, 0.25) is 0 Å². The third-order valence-electron chi connectivity index (χ3n) is 2.26. The molecule has 0 aliphatic rings. The summed E-state index contributed by atoms with van der Waals surface area (Å²) >= 11 is 0. The van der Waals surface area contributed by atoms with Gasteiger partial charge in [-0.25, -0.2) is 0 Å². The van der Waals surface area contributed by atoms with Crippen LogP contribution in [0.3, 0.4) is 0 Å². The van der Waals surface area contributed by atoms with E-state index in [9.17, 15) is 5.11 Å². The number of methoxy groups -OCH3 is 1. The first-order valence-electron chi connectivity index (χ1n) is 4.54. The quantitative estimate of drug-likeness (QED) is 0.646. The van der Waals surface area contributed by atoms with Gasteiger partial charge in [0.1, 0.15) is 0 Å². The lowest BCUT2D eigenvalue weighted by Gasteiger charge is -2.29. The third kappa shape index (κ3) is 4.04. The minimum atomic E-state index is -0.276. The summed E-state index contributed by atoms with van der Waals surface area (Å²) in [5.74, 6) is 0. The van der Waals surface area contributed by atoms with E-state index in [0.29, 0.717) is 0 Å². The summed E-state index contributed by atoms with van der Waals surface area (Å²) in [5.41, 5.74) is 0. The molecule has 0 aromatic heterocycles. The number of likely N-dealkylation sites (N-methyl/N-ethyl adjacent to an activating group) is 1. The van der Waals surface area contributed by atoms with Crippen molar-refractivity contribution in [2.45, 2.75) is 32.9 Å². The van der Waals surface area contributed by atoms with Gasteiger partial charge in [0.25, 0.3) is 0 Å². The van der Waals surface area contributed by atoms with E-state index < -0.39 is 0 Å². The lowest BCUT2D eigenvalue weighted by Crippen LogP contribution is -2.41. The van der Waals surface area contributed by atoms with Gasteiger partial charge >= 0.3 is 0 Å². The molecule has 0 rings (SSSR count). The first-order chi connectivity index (χ1) is 5.63. The number of hydrogen-bond donors (Lipinski definition) is 1. The largest absolute Gasteiger partial charge is 0.392 e. The van der Waals surface area contributed by atoms with Gasteiger partial charge in [0.15, 0.2) is 0 Å². The van der Waals surface area contributed by atoms with E-state index in [1.165, 1.54) is 0 Å². The predicted octanol–water partition coefficient (Wildman–Crippen LogP) is 0.724. The van der Waals surface area contributed by atoms with Crippen LogP contribution >= 0.6 is 0 Å². The fourth-order valence-corrected chi connectivity index (χ4v) is 1.16. The summed E-state index contributed by atoms with van der Waals surface area (Å²) in [6.45, 7) is 8.51. The van der Waals surface area contributed by atoms with E-state index in [-0.39, 0.29) is 12.1 Å². The molecule has 0 aliphatic heterocycles. The second-order valence-corrected chi connectivity index (χ2v) is 3.10. The van der Waals surface area contributed by atoms with Crippen LogP contribution in [0.4, 0.5) is 0 Å². The van der Waals surface area contributed by atoms with Crippen LogP contribution in [0, 0.1) is 0 Å². The topological polar surface area (TPSA) is 32.7 Å². The Morgan fingerprint density at radius 2 is 2.00 bits per heavy atom. The Labute approximate surface area is 75.3 Å². The summed E-state index contributed by atoms with van der Waals surface area (Å²) < 4.78 is 4.98. The van der Waals surface area contributed by atoms with Gasteiger partial charge in [-0.05, 0) is 20.4 Å². The van der Waals surface area contributed by atoms with Crippen molar-refractivity contribution in [2.24, 2.45) is 0 Å². The average Bonchev–Trinajstić information content (AvgIpc) is 2.05. The highest BCUT2D eigenvalue weighted by Gasteiger charge is 2.15. The van der Waals surface area contributed by atoms with Gasteiger partial charge in [-0.15, -0.1) is 0 Å². The average molecular weight is 175 g/mol. The van der Waals surface area contributed by atoms with Crippen LogP contribution in [-0.4, -0.2) is 49.0 Å². The van der Waals surface area contributed by atoms with Crippen molar-refractivity contribution >= 4 is 0 Å². The second-order valence-electron chi connectivity index (χ2n) is 3.10. The molecule has 2 unspecified atom stereocenters. The third-order valence-corrected chi connectivity index (χ3v) is 2.26. The zero-order chi connectivity index (χ0) is 9.56. The molecule has 1 N–H and O–H groups in total. The summed E-state index contributed by atoms with van der Waals surface area (Å²) in [6.07, 6.45) is -0.276. The highest BCUT2D eigenvalue weighted by molar-refractivity contribution is 4.70. The summed E-state index contributed by atoms with van der Waals surface area (Å²) in [7, 11) is 1.70. The maximum atomic E-state index is 9.34. The van der Waals surface area contributed by atoms with E-state index in [4.69, 9.17) is 4.74 Å². The van der Waals surface area contributed by atoms with Gasteiger partial charge in [0.05, 0.1) is 12.7 Å². The lowest BCUT2D eigenvalue weighted by atomic mass is 10.2. The van der Waals surface area contributed by atoms with E-state index >= 15 is 0 Å². The number of nitrogens with zero attached hydrogens (tertiary/aromatic N) is 1. The van der Waals surface area contributed by atoms with Gasteiger partial charge < -0.3 is 9.84 Å². The Morgan fingerprint density at radius 3 is 2.33 bits per heavy atom. The van der Waals surface area contributed by atoms with Crippen molar-refractivity contribution in [2.75, 3.05) is 26.8 Å². The Bertz CT molecular complexity index is 107. The van der Waals surface area contributed by atoms with Crippen molar-refractivity contribution in [1.29, 1.82) is 0 Å². The number of aliphatic hydroxyl groups excluding tert-OH is 1. The van der Waals surface area contributed by atoms with Crippen molar-refractivity contribution in [3.8, 4) is 0 Å². The Hall–Kier alpha value is -0.120. The van der Waals surface area contributed by atoms with Crippen molar-refractivity contribution in [3.63, 3.8) is 0 Å². The molecule has 2 atom stereocenters. The summed E-state index contributed by atoms with van der Waals surface area (Å²) in [6, 6.07) is 0.213. The number of aliphatic hydroxyl groups is 1. The molecule has 0 saturated carbocycles. The SMILES string of the molecule is CCN(CCOC)C(C)C(C)O. The molecular weight excluding hydrogens is 154 g/mol. The molecule has 3 nitrogen and oxygen atoms in total. The molecular formula is C9H21NO2. The van der Waals surface area contributed by atoms with Crippen molar-refractivity contribution in [3.05, 3.63) is 0 Å². The summed E-state index contributed by atoms with van der Waals surface area (Å²) in [5, 5.41) is 9.34. The molecule has 3 heteroatoms. The van der Waals surface area contributed by atoms with Gasteiger partial charge in [-0.1, -0.05) is 6.92 Å². The highest BCUT2D eigenvalue weighted by atomic mass is 16.5. The van der Waals surface area contributed by atoms with Crippen LogP contribution in [0.15, 0.2) is 0 Å². The molecule has 0 radical (unpaired) electrons. The fourth-order valence-electron chi connectivity index (χ4n) is 1.16.